The third-order valence-corrected chi connectivity index (χ3v) is 5.97. The molecule has 6 rings (SSSR count). The standard InChI is InChI=1S/C20H15N3O2/c24-19-15-13-9-5-1-3-7-11(9)21-17(13)18-14(16(15)20(25)23-19)10-6-2-4-8-12(10)22-18/h1-8,13,15-17,21-22H,(H,23,24,25)/t13-,15+,16-,17-/m0/s1. The summed E-state index contributed by atoms with van der Waals surface area (Å²) < 4.78 is 0. The van der Waals surface area contributed by atoms with Crippen molar-refractivity contribution in [3.63, 3.8) is 0 Å². The number of imide groups is 1. The number of nitrogens with one attached hydrogen (secondary N) is 3. The number of para-hydroxylation sites is 2. The Morgan fingerprint density at radius 1 is 0.840 bits per heavy atom. The predicted octanol–water partition coefficient (Wildman–Crippen LogP) is 2.79. The van der Waals surface area contributed by atoms with Crippen LogP contribution in [0.25, 0.3) is 10.9 Å². The van der Waals surface area contributed by atoms with Crippen molar-refractivity contribution in [3.8, 4) is 0 Å². The molecule has 2 aliphatic heterocycles. The summed E-state index contributed by atoms with van der Waals surface area (Å²) in [6.45, 7) is 0. The molecule has 1 aliphatic carbocycles. The normalized spacial score (nSPS) is 28.8. The van der Waals surface area contributed by atoms with Gasteiger partial charge >= 0.3 is 0 Å². The van der Waals surface area contributed by atoms with Gasteiger partial charge in [0.1, 0.15) is 0 Å². The first-order valence-electron chi connectivity index (χ1n) is 8.54. The summed E-state index contributed by atoms with van der Waals surface area (Å²) in [5.74, 6) is -1.15. The summed E-state index contributed by atoms with van der Waals surface area (Å²) in [6.07, 6.45) is 0. The second kappa shape index (κ2) is 4.30. The number of aromatic amines is 1. The molecule has 1 saturated heterocycles. The number of H-pyrrole nitrogens is 1. The molecule has 122 valence electrons. The maximum atomic E-state index is 12.7. The van der Waals surface area contributed by atoms with Crippen molar-refractivity contribution < 1.29 is 9.59 Å². The quantitative estimate of drug-likeness (QED) is 0.555. The smallest absolute Gasteiger partial charge is 0.235 e. The molecular weight excluding hydrogens is 314 g/mol. The van der Waals surface area contributed by atoms with E-state index in [4.69, 9.17) is 0 Å². The SMILES string of the molecule is O=C1NC(=O)[C@H]2c3c([nH]c4ccccc34)[C@H]3Nc4ccccc4[C@H]3[C@@H]12. The van der Waals surface area contributed by atoms with Crippen LogP contribution >= 0.6 is 0 Å². The maximum Gasteiger partial charge on any atom is 0.235 e. The van der Waals surface area contributed by atoms with Crippen LogP contribution in [-0.2, 0) is 9.59 Å². The zero-order valence-electron chi connectivity index (χ0n) is 13.2. The Morgan fingerprint density at radius 2 is 1.64 bits per heavy atom. The van der Waals surface area contributed by atoms with E-state index in [1.807, 2.05) is 42.5 Å². The van der Waals surface area contributed by atoms with Gasteiger partial charge in [0.05, 0.1) is 17.9 Å². The summed E-state index contributed by atoms with van der Waals surface area (Å²) in [5, 5.41) is 7.19. The molecule has 0 spiro atoms. The Hall–Kier alpha value is -3.08. The van der Waals surface area contributed by atoms with Crippen LogP contribution in [-0.4, -0.2) is 16.8 Å². The second-order valence-electron chi connectivity index (χ2n) is 7.09. The Balaban J connectivity index is 1.69. The third kappa shape index (κ3) is 1.49. The molecule has 25 heavy (non-hydrogen) atoms. The number of fused-ring (bicyclic) bond motifs is 10. The molecule has 3 aliphatic rings. The summed E-state index contributed by atoms with van der Waals surface area (Å²) in [6, 6.07) is 16.1. The van der Waals surface area contributed by atoms with Gasteiger partial charge in [0, 0.05) is 28.2 Å². The number of carbonyl (C=O) groups is 2. The largest absolute Gasteiger partial charge is 0.376 e. The molecule has 3 heterocycles. The molecule has 2 amide bonds. The lowest BCUT2D eigenvalue weighted by atomic mass is 9.68. The number of aromatic nitrogens is 1. The average molecular weight is 329 g/mol. The fraction of sp³-hybridized carbons (Fsp3) is 0.200. The Morgan fingerprint density at radius 3 is 2.56 bits per heavy atom. The van der Waals surface area contributed by atoms with Gasteiger partial charge in [0.2, 0.25) is 11.8 Å². The molecule has 1 fully saturated rings. The van der Waals surface area contributed by atoms with Gasteiger partial charge in [0.15, 0.2) is 0 Å². The monoisotopic (exact) mass is 329 g/mol. The van der Waals surface area contributed by atoms with Crippen molar-refractivity contribution in [1.82, 2.24) is 10.3 Å². The number of amides is 2. The lowest BCUT2D eigenvalue weighted by molar-refractivity contribution is -0.126. The van der Waals surface area contributed by atoms with Gasteiger partial charge in [-0.2, -0.15) is 0 Å². The zero-order chi connectivity index (χ0) is 16.7. The number of carbonyl (C=O) groups excluding carboxylic acids is 2. The van der Waals surface area contributed by atoms with E-state index in [9.17, 15) is 9.59 Å². The molecular formula is C20H15N3O2. The fourth-order valence-electron chi connectivity index (χ4n) is 5.05. The predicted molar refractivity (Wildman–Crippen MR) is 93.2 cm³/mol. The molecule has 0 radical (unpaired) electrons. The lowest BCUT2D eigenvalue weighted by Crippen LogP contribution is -2.33. The highest BCUT2D eigenvalue weighted by molar-refractivity contribution is 6.11. The molecule has 5 heteroatoms. The summed E-state index contributed by atoms with van der Waals surface area (Å²) >= 11 is 0. The molecule has 0 saturated carbocycles. The molecule has 4 atom stereocenters. The van der Waals surface area contributed by atoms with Crippen LogP contribution in [0.15, 0.2) is 48.5 Å². The molecule has 1 aromatic heterocycles. The lowest BCUT2D eigenvalue weighted by Gasteiger charge is -2.33. The first kappa shape index (κ1) is 13.2. The van der Waals surface area contributed by atoms with Crippen LogP contribution in [0.2, 0.25) is 0 Å². The molecule has 0 bridgehead atoms. The minimum atomic E-state index is -0.423. The first-order valence-corrected chi connectivity index (χ1v) is 8.54. The Kier molecular flexibility index (Phi) is 2.28. The van der Waals surface area contributed by atoms with Crippen LogP contribution in [0.3, 0.4) is 0 Å². The third-order valence-electron chi connectivity index (χ3n) is 5.97. The summed E-state index contributed by atoms with van der Waals surface area (Å²) in [4.78, 5) is 28.8. The van der Waals surface area contributed by atoms with Gasteiger partial charge < -0.3 is 10.3 Å². The van der Waals surface area contributed by atoms with Crippen molar-refractivity contribution in [2.45, 2.75) is 17.9 Å². The molecule has 2 aromatic carbocycles. The van der Waals surface area contributed by atoms with Gasteiger partial charge in [-0.15, -0.1) is 0 Å². The first-order chi connectivity index (χ1) is 12.2. The van der Waals surface area contributed by atoms with Crippen molar-refractivity contribution >= 4 is 28.4 Å². The van der Waals surface area contributed by atoms with Gasteiger partial charge in [-0.1, -0.05) is 36.4 Å². The van der Waals surface area contributed by atoms with E-state index < -0.39 is 5.92 Å². The summed E-state index contributed by atoms with van der Waals surface area (Å²) in [5.41, 5.74) is 5.20. The highest BCUT2D eigenvalue weighted by Crippen LogP contribution is 2.58. The van der Waals surface area contributed by atoms with E-state index in [1.54, 1.807) is 0 Å². The van der Waals surface area contributed by atoms with Crippen LogP contribution < -0.4 is 10.6 Å². The highest BCUT2D eigenvalue weighted by atomic mass is 16.2. The number of anilines is 1. The minimum Gasteiger partial charge on any atom is -0.376 e. The van der Waals surface area contributed by atoms with Crippen molar-refractivity contribution in [2.24, 2.45) is 5.92 Å². The topological polar surface area (TPSA) is 74.0 Å². The average Bonchev–Trinajstić information content (AvgIpc) is 3.26. The van der Waals surface area contributed by atoms with Gasteiger partial charge in [-0.25, -0.2) is 0 Å². The highest BCUT2D eigenvalue weighted by Gasteiger charge is 2.57. The van der Waals surface area contributed by atoms with Crippen LogP contribution in [0.5, 0.6) is 0 Å². The van der Waals surface area contributed by atoms with Gasteiger partial charge in [-0.3, -0.25) is 14.9 Å². The van der Waals surface area contributed by atoms with Crippen LogP contribution in [0.4, 0.5) is 5.69 Å². The van der Waals surface area contributed by atoms with E-state index in [-0.39, 0.29) is 29.7 Å². The summed E-state index contributed by atoms with van der Waals surface area (Å²) in [7, 11) is 0. The van der Waals surface area contributed by atoms with Crippen molar-refractivity contribution in [1.29, 1.82) is 0 Å². The van der Waals surface area contributed by atoms with Crippen LogP contribution in [0, 0.1) is 5.92 Å². The number of benzene rings is 2. The number of hydrogen-bond donors (Lipinski definition) is 3. The van der Waals surface area contributed by atoms with Crippen molar-refractivity contribution in [2.75, 3.05) is 5.32 Å². The van der Waals surface area contributed by atoms with Crippen LogP contribution in [0.1, 0.15) is 34.7 Å². The van der Waals surface area contributed by atoms with Gasteiger partial charge in [0.25, 0.3) is 0 Å². The van der Waals surface area contributed by atoms with E-state index in [0.29, 0.717) is 0 Å². The van der Waals surface area contributed by atoms with Gasteiger partial charge in [-0.05, 0) is 23.3 Å². The maximum absolute atomic E-state index is 12.7. The van der Waals surface area contributed by atoms with E-state index >= 15 is 0 Å². The molecule has 3 N–H and O–H groups in total. The Bertz CT molecular complexity index is 1080. The molecule has 5 nitrogen and oxygen atoms in total. The zero-order valence-corrected chi connectivity index (χ0v) is 13.2. The number of rotatable bonds is 0. The fourth-order valence-corrected chi connectivity index (χ4v) is 5.05. The molecule has 3 aromatic rings. The Labute approximate surface area is 143 Å². The van der Waals surface area contributed by atoms with E-state index in [1.165, 1.54) is 0 Å². The van der Waals surface area contributed by atoms with E-state index in [2.05, 4.69) is 21.7 Å². The second-order valence-corrected chi connectivity index (χ2v) is 7.09. The minimum absolute atomic E-state index is 0.0160. The molecule has 0 unspecified atom stereocenters. The van der Waals surface area contributed by atoms with E-state index in [0.717, 1.165) is 33.4 Å². The van der Waals surface area contributed by atoms with Crippen molar-refractivity contribution in [3.05, 3.63) is 65.4 Å². The number of hydrogen-bond acceptors (Lipinski definition) is 3.